The number of nitriles is 1. The number of rotatable bonds is 8. The first kappa shape index (κ1) is 28.1. The number of halogens is 1. The van der Waals surface area contributed by atoms with Crippen molar-refractivity contribution in [1.29, 1.82) is 5.26 Å². The van der Waals surface area contributed by atoms with Crippen molar-refractivity contribution in [2.24, 2.45) is 0 Å². The van der Waals surface area contributed by atoms with Gasteiger partial charge in [0.05, 0.1) is 18.4 Å². The lowest BCUT2D eigenvalue weighted by atomic mass is 9.99. The largest absolute Gasteiger partial charge is 0.497 e. The Morgan fingerprint density at radius 3 is 2.73 bits per heavy atom. The van der Waals surface area contributed by atoms with Gasteiger partial charge in [-0.1, -0.05) is 6.07 Å². The fourth-order valence-corrected chi connectivity index (χ4v) is 5.74. The van der Waals surface area contributed by atoms with E-state index in [-0.39, 0.29) is 30.1 Å². The summed E-state index contributed by atoms with van der Waals surface area (Å²) in [6.45, 7) is 3.85. The molecule has 2 aliphatic heterocycles. The molecule has 2 aliphatic rings. The molecule has 0 aliphatic carbocycles. The average molecular weight is 556 g/mol. The summed E-state index contributed by atoms with van der Waals surface area (Å²) in [5, 5.41) is 12.8. The number of ketones is 1. The number of amides is 2. The van der Waals surface area contributed by atoms with Gasteiger partial charge in [-0.2, -0.15) is 5.26 Å². The first-order valence-corrected chi connectivity index (χ1v) is 14.0. The third kappa shape index (κ3) is 6.32. The Labute approximate surface area is 239 Å². The maximum absolute atomic E-state index is 13.6. The molecule has 3 heterocycles. The van der Waals surface area contributed by atoms with Crippen LogP contribution in [0.15, 0.2) is 48.7 Å². The number of carbonyl (C=O) groups is 2. The fourth-order valence-electron chi connectivity index (χ4n) is 5.74. The Morgan fingerprint density at radius 2 is 1.98 bits per heavy atom. The van der Waals surface area contributed by atoms with Gasteiger partial charge in [0.15, 0.2) is 5.78 Å². The second kappa shape index (κ2) is 12.4. The molecule has 3 aromatic rings. The molecule has 1 fully saturated rings. The fraction of sp³-hybridized carbons (Fsp3) is 0.375. The minimum absolute atomic E-state index is 0.0715. The van der Waals surface area contributed by atoms with E-state index < -0.39 is 0 Å². The van der Waals surface area contributed by atoms with Gasteiger partial charge in [0.2, 0.25) is 0 Å². The van der Waals surface area contributed by atoms with Crippen molar-refractivity contribution in [1.82, 2.24) is 9.88 Å². The highest BCUT2D eigenvalue weighted by atomic mass is 19.1. The summed E-state index contributed by atoms with van der Waals surface area (Å²) in [6, 6.07) is 14.3. The highest BCUT2D eigenvalue weighted by Gasteiger charge is 2.31. The summed E-state index contributed by atoms with van der Waals surface area (Å²) < 4.78 is 18.9. The van der Waals surface area contributed by atoms with E-state index in [1.54, 1.807) is 19.2 Å². The molecule has 0 bridgehead atoms. The maximum atomic E-state index is 13.6. The average Bonchev–Trinajstić information content (AvgIpc) is 3.16. The number of pyridine rings is 1. The van der Waals surface area contributed by atoms with Crippen LogP contribution in [-0.4, -0.2) is 54.5 Å². The van der Waals surface area contributed by atoms with Crippen LogP contribution in [0.2, 0.25) is 0 Å². The molecule has 41 heavy (non-hydrogen) atoms. The topological polar surface area (TPSA) is 98.6 Å². The summed E-state index contributed by atoms with van der Waals surface area (Å²) in [4.78, 5) is 34.4. The number of nitrogens with one attached hydrogen (secondary N) is 1. The Bertz CT molecular complexity index is 1490. The van der Waals surface area contributed by atoms with Gasteiger partial charge in [0.1, 0.15) is 23.3 Å². The summed E-state index contributed by atoms with van der Waals surface area (Å²) in [5.74, 6) is 0.392. The van der Waals surface area contributed by atoms with E-state index in [0.29, 0.717) is 49.4 Å². The smallest absolute Gasteiger partial charge is 0.322 e. The lowest BCUT2D eigenvalue weighted by Gasteiger charge is -2.39. The number of hydrogen-bond donors (Lipinski definition) is 1. The predicted molar refractivity (Wildman–Crippen MR) is 155 cm³/mol. The molecule has 8 nitrogen and oxygen atoms in total. The molecular weight excluding hydrogens is 521 g/mol. The van der Waals surface area contributed by atoms with Gasteiger partial charge in [-0.05, 0) is 92.1 Å². The Hall–Kier alpha value is -4.45. The number of methoxy groups -OCH3 is 1. The molecule has 0 saturated carbocycles. The Morgan fingerprint density at radius 1 is 1.17 bits per heavy atom. The van der Waals surface area contributed by atoms with Crippen LogP contribution >= 0.6 is 0 Å². The third-order valence-corrected chi connectivity index (χ3v) is 8.13. The summed E-state index contributed by atoms with van der Waals surface area (Å²) in [6.07, 6.45) is 5.17. The molecular formula is C32H34FN5O3. The maximum Gasteiger partial charge on any atom is 0.322 e. The molecule has 212 valence electrons. The summed E-state index contributed by atoms with van der Waals surface area (Å²) >= 11 is 0. The number of ether oxygens (including phenoxy) is 1. The van der Waals surface area contributed by atoms with E-state index in [1.165, 1.54) is 18.3 Å². The molecule has 0 atom stereocenters. The zero-order valence-electron chi connectivity index (χ0n) is 23.5. The number of urea groups is 1. The molecule has 2 aromatic carbocycles. The number of aromatic nitrogens is 1. The Kier molecular flexibility index (Phi) is 8.48. The zero-order chi connectivity index (χ0) is 28.9. The van der Waals surface area contributed by atoms with E-state index in [9.17, 15) is 19.2 Å². The quantitative estimate of drug-likeness (QED) is 0.360. The number of carbonyl (C=O) groups excluding carboxylic acids is 2. The van der Waals surface area contributed by atoms with Crippen LogP contribution in [0.3, 0.4) is 0 Å². The molecule has 1 saturated heterocycles. The number of Topliss-reactive ketones (excluding diaryl/α,β-unsaturated/α-hetero) is 1. The lowest BCUT2D eigenvalue weighted by molar-refractivity contribution is 0.0975. The third-order valence-electron chi connectivity index (χ3n) is 8.13. The van der Waals surface area contributed by atoms with Gasteiger partial charge >= 0.3 is 6.03 Å². The van der Waals surface area contributed by atoms with Crippen molar-refractivity contribution in [3.63, 3.8) is 0 Å². The number of aryl methyl sites for hydroxylation is 2. The molecule has 1 aromatic heterocycles. The Balaban J connectivity index is 1.21. The van der Waals surface area contributed by atoms with E-state index in [1.807, 2.05) is 30.0 Å². The first-order chi connectivity index (χ1) is 19.9. The molecule has 5 rings (SSSR count). The number of nitrogens with zero attached hydrogens (tertiary/aromatic N) is 4. The summed E-state index contributed by atoms with van der Waals surface area (Å²) in [7, 11) is 1.63. The number of benzene rings is 2. The van der Waals surface area contributed by atoms with E-state index >= 15 is 0 Å². The molecule has 9 heteroatoms. The molecule has 2 amide bonds. The van der Waals surface area contributed by atoms with E-state index in [0.717, 1.165) is 47.4 Å². The second-order valence-electron chi connectivity index (χ2n) is 10.7. The van der Waals surface area contributed by atoms with Gasteiger partial charge in [-0.25, -0.2) is 9.18 Å². The van der Waals surface area contributed by atoms with Crippen LogP contribution in [-0.2, 0) is 12.8 Å². The monoisotopic (exact) mass is 555 g/mol. The molecule has 0 radical (unpaired) electrons. The summed E-state index contributed by atoms with van der Waals surface area (Å²) in [5.41, 5.74) is 5.22. The van der Waals surface area contributed by atoms with Crippen LogP contribution in [0.4, 0.5) is 20.6 Å². The van der Waals surface area contributed by atoms with Crippen LogP contribution in [0, 0.1) is 24.1 Å². The number of anilines is 2. The predicted octanol–water partition coefficient (Wildman–Crippen LogP) is 5.67. The standard InChI is InChI=1S/C32H34FN5O3/c1-21-6-7-25(33)16-22(21)4-3-5-31(39)29-18-30(24(19-34)20-35-29)37-13-11-26(12-14-37)38-15-10-23-17-27(41-2)8-9-28(23)36-32(38)40/h6-9,16-18,20,26H,3-5,10-15H2,1-2H3,(H,36,40). The van der Waals surface area contributed by atoms with Crippen LogP contribution in [0.5, 0.6) is 5.75 Å². The van der Waals surface area contributed by atoms with Crippen molar-refractivity contribution in [2.75, 3.05) is 37.0 Å². The van der Waals surface area contributed by atoms with Gasteiger partial charge in [-0.15, -0.1) is 0 Å². The van der Waals surface area contributed by atoms with Crippen molar-refractivity contribution in [2.45, 2.75) is 51.5 Å². The molecule has 0 unspecified atom stereocenters. The van der Waals surface area contributed by atoms with Gasteiger partial charge < -0.3 is 19.9 Å². The molecule has 0 spiro atoms. The number of piperidine rings is 1. The highest BCUT2D eigenvalue weighted by molar-refractivity contribution is 5.95. The zero-order valence-corrected chi connectivity index (χ0v) is 23.5. The SMILES string of the molecule is COc1ccc2c(c1)CCN(C1CCN(c3cc(C(=O)CCCc4cc(F)ccc4C)ncc3C#N)CC1)C(=O)N2. The van der Waals surface area contributed by atoms with Gasteiger partial charge in [0, 0.05) is 44.0 Å². The second-order valence-corrected chi connectivity index (χ2v) is 10.7. The molecule has 1 N–H and O–H groups in total. The normalized spacial score (nSPS) is 15.5. The number of hydrogen-bond acceptors (Lipinski definition) is 6. The van der Waals surface area contributed by atoms with Crippen molar-refractivity contribution >= 4 is 23.2 Å². The van der Waals surface area contributed by atoms with E-state index in [4.69, 9.17) is 4.74 Å². The first-order valence-electron chi connectivity index (χ1n) is 14.0. The minimum atomic E-state index is -0.277. The lowest BCUT2D eigenvalue weighted by Crippen LogP contribution is -2.49. The van der Waals surface area contributed by atoms with Crippen LogP contribution < -0.4 is 15.0 Å². The van der Waals surface area contributed by atoms with Crippen molar-refractivity contribution < 1.29 is 18.7 Å². The van der Waals surface area contributed by atoms with E-state index in [2.05, 4.69) is 21.3 Å². The van der Waals surface area contributed by atoms with Gasteiger partial charge in [-0.3, -0.25) is 9.78 Å². The van der Waals surface area contributed by atoms with Crippen molar-refractivity contribution in [3.05, 3.63) is 82.4 Å². The van der Waals surface area contributed by atoms with Crippen molar-refractivity contribution in [3.8, 4) is 11.8 Å². The number of fused-ring (bicyclic) bond motifs is 1. The minimum Gasteiger partial charge on any atom is -0.497 e. The van der Waals surface area contributed by atoms with Crippen LogP contribution in [0.1, 0.15) is 58.4 Å². The van der Waals surface area contributed by atoms with Gasteiger partial charge in [0.25, 0.3) is 0 Å². The highest BCUT2D eigenvalue weighted by Crippen LogP contribution is 2.30. The van der Waals surface area contributed by atoms with Crippen LogP contribution in [0.25, 0.3) is 0 Å².